The average molecular weight is 207 g/mol. The number of rotatable bonds is 5. The minimum atomic E-state index is -0.702. The van der Waals surface area contributed by atoms with E-state index in [2.05, 4.69) is 10.6 Å². The molecule has 0 atom stereocenters. The number of benzene rings is 1. The number of nitro groups is 1. The summed E-state index contributed by atoms with van der Waals surface area (Å²) in [6, 6.07) is 3.88. The first-order valence-electron chi connectivity index (χ1n) is 3.77. The summed E-state index contributed by atoms with van der Waals surface area (Å²) in [6.45, 7) is 0. The van der Waals surface area contributed by atoms with E-state index >= 15 is 0 Å². The first-order chi connectivity index (χ1) is 7.20. The molecule has 15 heavy (non-hydrogen) atoms. The number of hydrogen-bond acceptors (Lipinski definition) is 4. The highest BCUT2D eigenvalue weighted by molar-refractivity contribution is 5.80. The molecule has 2 radical (unpaired) electrons. The van der Waals surface area contributed by atoms with Gasteiger partial charge < -0.3 is 0 Å². The number of nitrogens with zero attached hydrogens (tertiary/aromatic N) is 3. The van der Waals surface area contributed by atoms with E-state index < -0.39 is 4.92 Å². The lowest BCUT2D eigenvalue weighted by atomic mass is 10.2. The van der Waals surface area contributed by atoms with Crippen LogP contribution in [0.15, 0.2) is 18.2 Å². The van der Waals surface area contributed by atoms with E-state index in [-0.39, 0.29) is 29.9 Å². The highest BCUT2D eigenvalue weighted by Gasteiger charge is 2.18. The number of para-hydroxylation sites is 1. The quantitative estimate of drug-likeness (QED) is 0.395. The second-order valence-electron chi connectivity index (χ2n) is 2.37. The Bertz CT molecular complexity index is 405. The maximum Gasteiger partial charge on any atom is 0.297 e. The van der Waals surface area contributed by atoms with Crippen LogP contribution in [0.4, 0.5) is 17.1 Å². The van der Waals surface area contributed by atoms with E-state index in [4.69, 9.17) is 0 Å². The van der Waals surface area contributed by atoms with Crippen LogP contribution in [-0.4, -0.2) is 17.7 Å². The van der Waals surface area contributed by atoms with E-state index in [9.17, 15) is 19.7 Å². The Balaban J connectivity index is 3.26. The summed E-state index contributed by atoms with van der Waals surface area (Å²) >= 11 is 0. The fourth-order valence-electron chi connectivity index (χ4n) is 1.01. The van der Waals surface area contributed by atoms with E-state index in [1.54, 1.807) is 0 Å². The predicted molar refractivity (Wildman–Crippen MR) is 48.8 cm³/mol. The number of amides is 2. The van der Waals surface area contributed by atoms with Gasteiger partial charge in [0.1, 0.15) is 0 Å². The third kappa shape index (κ3) is 2.27. The maximum absolute atomic E-state index is 10.6. The maximum atomic E-state index is 10.6. The number of nitro benzene ring substituents is 1. The molecule has 0 fully saturated rings. The van der Waals surface area contributed by atoms with Crippen LogP contribution >= 0.6 is 0 Å². The van der Waals surface area contributed by atoms with Gasteiger partial charge in [-0.15, -0.1) is 0 Å². The summed E-state index contributed by atoms with van der Waals surface area (Å²) in [5, 5.41) is 17.2. The predicted octanol–water partition coefficient (Wildman–Crippen LogP) is 0.379. The van der Waals surface area contributed by atoms with Crippen molar-refractivity contribution in [3.05, 3.63) is 28.3 Å². The largest absolute Gasteiger partial charge is 0.297 e. The van der Waals surface area contributed by atoms with Gasteiger partial charge in [0.25, 0.3) is 5.69 Å². The zero-order chi connectivity index (χ0) is 11.3. The molecule has 76 valence electrons. The van der Waals surface area contributed by atoms with Crippen molar-refractivity contribution in [2.45, 2.75) is 0 Å². The third-order valence-electron chi connectivity index (χ3n) is 1.56. The van der Waals surface area contributed by atoms with Gasteiger partial charge in [-0.3, -0.25) is 19.7 Å². The lowest BCUT2D eigenvalue weighted by Gasteiger charge is -2.02. The van der Waals surface area contributed by atoms with Crippen LogP contribution in [0.3, 0.4) is 0 Å². The van der Waals surface area contributed by atoms with E-state index in [1.807, 2.05) is 0 Å². The van der Waals surface area contributed by atoms with Crippen LogP contribution in [0.2, 0.25) is 0 Å². The second kappa shape index (κ2) is 4.70. The van der Waals surface area contributed by atoms with Gasteiger partial charge in [0, 0.05) is 6.07 Å². The zero-order valence-electron chi connectivity index (χ0n) is 7.36. The molecule has 1 aromatic rings. The Kier molecular flexibility index (Phi) is 3.33. The van der Waals surface area contributed by atoms with E-state index in [0.717, 1.165) is 0 Å². The third-order valence-corrected chi connectivity index (χ3v) is 1.56. The molecule has 2 amide bonds. The van der Waals surface area contributed by atoms with Crippen molar-refractivity contribution in [1.29, 1.82) is 0 Å². The molecule has 0 aliphatic carbocycles. The molecular weight excluding hydrogens is 202 g/mol. The lowest BCUT2D eigenvalue weighted by Crippen LogP contribution is -2.03. The van der Waals surface area contributed by atoms with Crippen LogP contribution in [0.1, 0.15) is 0 Å². The summed E-state index contributed by atoms with van der Waals surface area (Å²) in [5.74, 6) is 0. The van der Waals surface area contributed by atoms with Gasteiger partial charge in [0.15, 0.2) is 5.69 Å². The highest BCUT2D eigenvalue weighted by Crippen LogP contribution is 2.31. The number of carbonyl (C=O) groups excluding carboxylic acids is 2. The Morgan fingerprint density at radius 3 is 2.40 bits per heavy atom. The van der Waals surface area contributed by atoms with Gasteiger partial charge in [0.05, 0.1) is 10.6 Å². The molecule has 7 nitrogen and oxygen atoms in total. The molecule has 0 unspecified atom stereocenters. The first kappa shape index (κ1) is 10.6. The van der Waals surface area contributed by atoms with Gasteiger partial charge in [-0.05, 0) is 6.07 Å². The highest BCUT2D eigenvalue weighted by atomic mass is 16.6. The van der Waals surface area contributed by atoms with Crippen molar-refractivity contribution < 1.29 is 14.5 Å². The molecule has 1 aromatic carbocycles. The van der Waals surface area contributed by atoms with Crippen molar-refractivity contribution in [2.24, 2.45) is 0 Å². The average Bonchev–Trinajstić information content (AvgIpc) is 2.21. The van der Waals surface area contributed by atoms with Crippen LogP contribution in [0.25, 0.3) is 0 Å². The summed E-state index contributed by atoms with van der Waals surface area (Å²) in [5.41, 5.74) is -0.596. The Morgan fingerprint density at radius 2 is 1.87 bits per heavy atom. The van der Waals surface area contributed by atoms with E-state index in [1.165, 1.54) is 18.2 Å². The molecule has 0 spiro atoms. The van der Waals surface area contributed by atoms with Crippen molar-refractivity contribution in [3.63, 3.8) is 0 Å². The standard InChI is InChI=1S/C8H5N3O4/c12-4-9-6-2-1-3-7(11(14)15)8(6)10-5-13/h1-5H. The molecule has 0 aliphatic heterocycles. The van der Waals surface area contributed by atoms with E-state index in [0.29, 0.717) is 0 Å². The molecular formula is C8H5N3O4. The lowest BCUT2D eigenvalue weighted by molar-refractivity contribution is -0.384. The second-order valence-corrected chi connectivity index (χ2v) is 2.37. The zero-order valence-corrected chi connectivity index (χ0v) is 7.36. The van der Waals surface area contributed by atoms with Crippen molar-refractivity contribution in [2.75, 3.05) is 0 Å². The fraction of sp³-hybridized carbons (Fsp3) is 0. The van der Waals surface area contributed by atoms with Crippen LogP contribution < -0.4 is 10.6 Å². The Hall–Kier alpha value is -2.44. The SMILES string of the molecule is O=C[N]c1cccc([N+](=O)[O-])c1[N]C=O. The normalized spacial score (nSPS) is 9.07. The fourth-order valence-corrected chi connectivity index (χ4v) is 1.01. The summed E-state index contributed by atoms with van der Waals surface area (Å²) in [4.78, 5) is 30.2. The van der Waals surface area contributed by atoms with Gasteiger partial charge in [-0.1, -0.05) is 6.07 Å². The summed E-state index contributed by atoms with van der Waals surface area (Å²) < 4.78 is 0. The van der Waals surface area contributed by atoms with Crippen LogP contribution in [0, 0.1) is 10.1 Å². The molecule has 0 aliphatic rings. The van der Waals surface area contributed by atoms with Gasteiger partial charge in [-0.25, -0.2) is 10.6 Å². The molecule has 0 saturated carbocycles. The molecule has 7 heteroatoms. The number of carbonyl (C=O) groups is 2. The monoisotopic (exact) mass is 207 g/mol. The molecule has 0 N–H and O–H groups in total. The smallest absolute Gasteiger partial charge is 0.276 e. The first-order valence-corrected chi connectivity index (χ1v) is 3.77. The topological polar surface area (TPSA) is 105 Å². The molecule has 0 aromatic heterocycles. The minimum Gasteiger partial charge on any atom is -0.276 e. The molecule has 0 bridgehead atoms. The molecule has 0 saturated heterocycles. The minimum absolute atomic E-state index is 0.00806. The van der Waals surface area contributed by atoms with Crippen LogP contribution in [-0.2, 0) is 9.59 Å². The summed E-state index contributed by atoms with van der Waals surface area (Å²) in [6.07, 6.45) is 0.384. The Labute approximate surface area is 84.2 Å². The van der Waals surface area contributed by atoms with Gasteiger partial charge >= 0.3 is 0 Å². The van der Waals surface area contributed by atoms with Crippen molar-refractivity contribution in [3.8, 4) is 0 Å². The van der Waals surface area contributed by atoms with Gasteiger partial charge in [-0.2, -0.15) is 0 Å². The van der Waals surface area contributed by atoms with Crippen molar-refractivity contribution >= 4 is 29.9 Å². The van der Waals surface area contributed by atoms with Gasteiger partial charge in [0.2, 0.25) is 12.8 Å². The number of hydrogen-bond donors (Lipinski definition) is 0. The summed E-state index contributed by atoms with van der Waals surface area (Å²) in [7, 11) is 0. The van der Waals surface area contributed by atoms with Crippen LogP contribution in [0.5, 0.6) is 0 Å². The molecule has 0 heterocycles. The Morgan fingerprint density at radius 1 is 1.20 bits per heavy atom. The molecule has 1 rings (SSSR count). The van der Waals surface area contributed by atoms with Crippen molar-refractivity contribution in [1.82, 2.24) is 10.6 Å².